The Bertz CT molecular complexity index is 347. The quantitative estimate of drug-likeness (QED) is 0.544. The lowest BCUT2D eigenvalue weighted by atomic mass is 10.1. The molecular formula is C11H19NO7. The predicted molar refractivity (Wildman–Crippen MR) is 63.7 cm³/mol. The zero-order valence-electron chi connectivity index (χ0n) is 11.0. The normalized spacial score (nSPS) is 14.3. The van der Waals surface area contributed by atoms with Gasteiger partial charge in [-0.1, -0.05) is 0 Å². The molecule has 0 aromatic carbocycles. The molecular weight excluding hydrogens is 258 g/mol. The summed E-state index contributed by atoms with van der Waals surface area (Å²) in [4.78, 5) is 32.6. The first-order chi connectivity index (χ1) is 8.53. The number of alkyl carbamates (subject to hydrolysis) is 1. The Morgan fingerprint density at radius 3 is 2.11 bits per heavy atom. The second-order valence-corrected chi connectivity index (χ2v) is 4.96. The van der Waals surface area contributed by atoms with Gasteiger partial charge < -0.3 is 25.4 Å². The molecule has 0 spiro atoms. The molecule has 110 valence electrons. The maximum absolute atomic E-state index is 11.4. The van der Waals surface area contributed by atoms with E-state index in [1.54, 1.807) is 20.8 Å². The lowest BCUT2D eigenvalue weighted by Crippen LogP contribution is -2.50. The zero-order valence-corrected chi connectivity index (χ0v) is 11.0. The van der Waals surface area contributed by atoms with Crippen LogP contribution in [0.1, 0.15) is 33.6 Å². The van der Waals surface area contributed by atoms with Crippen molar-refractivity contribution in [1.82, 2.24) is 5.32 Å². The van der Waals surface area contributed by atoms with E-state index in [-0.39, 0.29) is 6.42 Å². The highest BCUT2D eigenvalue weighted by atomic mass is 16.6. The van der Waals surface area contributed by atoms with Crippen molar-refractivity contribution in [2.24, 2.45) is 0 Å². The van der Waals surface area contributed by atoms with Gasteiger partial charge in [0, 0.05) is 6.42 Å². The van der Waals surface area contributed by atoms with Crippen LogP contribution in [0.15, 0.2) is 0 Å². The van der Waals surface area contributed by atoms with Crippen molar-refractivity contribution in [2.45, 2.75) is 51.4 Å². The molecule has 0 saturated carbocycles. The van der Waals surface area contributed by atoms with Crippen molar-refractivity contribution < 1.29 is 34.4 Å². The van der Waals surface area contributed by atoms with Crippen LogP contribution in [0.25, 0.3) is 0 Å². The molecule has 1 amide bonds. The van der Waals surface area contributed by atoms with Gasteiger partial charge in [-0.3, -0.25) is 4.79 Å². The molecule has 0 aromatic heterocycles. The van der Waals surface area contributed by atoms with Gasteiger partial charge in [-0.25, -0.2) is 9.59 Å². The third-order valence-corrected chi connectivity index (χ3v) is 1.98. The van der Waals surface area contributed by atoms with E-state index in [1.165, 1.54) is 0 Å². The number of aliphatic carboxylic acids is 2. The van der Waals surface area contributed by atoms with Crippen LogP contribution in [0.3, 0.4) is 0 Å². The Kier molecular flexibility index (Phi) is 6.26. The van der Waals surface area contributed by atoms with Crippen molar-refractivity contribution in [3.63, 3.8) is 0 Å². The third kappa shape index (κ3) is 7.98. The molecule has 2 unspecified atom stereocenters. The summed E-state index contributed by atoms with van der Waals surface area (Å²) in [5, 5.41) is 28.9. The minimum Gasteiger partial charge on any atom is -0.481 e. The first-order valence-corrected chi connectivity index (χ1v) is 5.65. The van der Waals surface area contributed by atoms with E-state index in [0.29, 0.717) is 0 Å². The largest absolute Gasteiger partial charge is 0.481 e. The van der Waals surface area contributed by atoms with Crippen LogP contribution in [-0.4, -0.2) is 51.1 Å². The maximum atomic E-state index is 11.4. The van der Waals surface area contributed by atoms with Gasteiger partial charge in [-0.2, -0.15) is 0 Å². The SMILES string of the molecule is CC(C)(C)OC(=O)NC(C(=O)O)C(O)CCC(=O)O. The van der Waals surface area contributed by atoms with Gasteiger partial charge >= 0.3 is 18.0 Å². The zero-order chi connectivity index (χ0) is 15.2. The average Bonchev–Trinajstić information content (AvgIpc) is 2.19. The number of hydrogen-bond donors (Lipinski definition) is 4. The molecule has 0 aliphatic rings. The number of amides is 1. The van der Waals surface area contributed by atoms with E-state index in [1.807, 2.05) is 5.32 Å². The molecule has 8 nitrogen and oxygen atoms in total. The topological polar surface area (TPSA) is 133 Å². The predicted octanol–water partition coefficient (Wildman–Crippen LogP) is 0.190. The molecule has 19 heavy (non-hydrogen) atoms. The fourth-order valence-electron chi connectivity index (χ4n) is 1.20. The summed E-state index contributed by atoms with van der Waals surface area (Å²) in [6, 6.07) is -1.62. The molecule has 0 aliphatic heterocycles. The monoisotopic (exact) mass is 277 g/mol. The number of ether oxygens (including phenoxy) is 1. The number of carbonyl (C=O) groups excluding carboxylic acids is 1. The molecule has 8 heteroatoms. The second kappa shape index (κ2) is 6.93. The third-order valence-electron chi connectivity index (χ3n) is 1.98. The van der Waals surface area contributed by atoms with Crippen LogP contribution < -0.4 is 5.32 Å². The van der Waals surface area contributed by atoms with Crippen molar-refractivity contribution in [1.29, 1.82) is 0 Å². The Balaban J connectivity index is 4.53. The molecule has 0 aromatic rings. The fourth-order valence-corrected chi connectivity index (χ4v) is 1.20. The average molecular weight is 277 g/mol. The molecule has 0 fully saturated rings. The van der Waals surface area contributed by atoms with Gasteiger partial charge in [0.25, 0.3) is 0 Å². The van der Waals surface area contributed by atoms with Crippen LogP contribution in [0.2, 0.25) is 0 Å². The van der Waals surface area contributed by atoms with Gasteiger partial charge in [0.15, 0.2) is 6.04 Å². The van der Waals surface area contributed by atoms with Gasteiger partial charge in [0.05, 0.1) is 6.10 Å². The smallest absolute Gasteiger partial charge is 0.408 e. The maximum Gasteiger partial charge on any atom is 0.408 e. The Hall–Kier alpha value is -1.83. The van der Waals surface area contributed by atoms with E-state index in [4.69, 9.17) is 14.9 Å². The van der Waals surface area contributed by atoms with Crippen LogP contribution in [-0.2, 0) is 14.3 Å². The first-order valence-electron chi connectivity index (χ1n) is 5.65. The molecule has 2 atom stereocenters. The molecule has 0 saturated heterocycles. The molecule has 0 aliphatic carbocycles. The van der Waals surface area contributed by atoms with Crippen LogP contribution >= 0.6 is 0 Å². The van der Waals surface area contributed by atoms with Gasteiger partial charge in [0.2, 0.25) is 0 Å². The summed E-state index contributed by atoms with van der Waals surface area (Å²) < 4.78 is 4.85. The standard InChI is InChI=1S/C11H19NO7/c1-11(2,3)19-10(18)12-8(9(16)17)6(13)4-5-7(14)15/h6,8,13H,4-5H2,1-3H3,(H,12,18)(H,14,15)(H,16,17). The molecule has 0 radical (unpaired) electrons. The van der Waals surface area contributed by atoms with E-state index >= 15 is 0 Å². The summed E-state index contributed by atoms with van der Waals surface area (Å²) in [5.74, 6) is -2.63. The van der Waals surface area contributed by atoms with E-state index in [0.717, 1.165) is 0 Å². The highest BCUT2D eigenvalue weighted by Crippen LogP contribution is 2.09. The van der Waals surface area contributed by atoms with Crippen molar-refractivity contribution >= 4 is 18.0 Å². The number of aliphatic hydroxyl groups excluding tert-OH is 1. The Morgan fingerprint density at radius 2 is 1.74 bits per heavy atom. The van der Waals surface area contributed by atoms with Crippen molar-refractivity contribution in [2.75, 3.05) is 0 Å². The molecule has 0 heterocycles. The van der Waals surface area contributed by atoms with Crippen molar-refractivity contribution in [3.8, 4) is 0 Å². The van der Waals surface area contributed by atoms with Crippen LogP contribution in [0.5, 0.6) is 0 Å². The molecule has 0 bridgehead atoms. The van der Waals surface area contributed by atoms with Crippen LogP contribution in [0, 0.1) is 0 Å². The number of carboxylic acids is 2. The lowest BCUT2D eigenvalue weighted by Gasteiger charge is -2.24. The van der Waals surface area contributed by atoms with Crippen molar-refractivity contribution in [3.05, 3.63) is 0 Å². The molecule has 0 rings (SSSR count). The highest BCUT2D eigenvalue weighted by Gasteiger charge is 2.30. The minimum atomic E-state index is -1.62. The van der Waals surface area contributed by atoms with Gasteiger partial charge in [-0.15, -0.1) is 0 Å². The summed E-state index contributed by atoms with van der Waals surface area (Å²) in [6.07, 6.45) is -3.20. The minimum absolute atomic E-state index is 0.290. The number of rotatable bonds is 6. The second-order valence-electron chi connectivity index (χ2n) is 4.96. The lowest BCUT2D eigenvalue weighted by molar-refractivity contribution is -0.144. The van der Waals surface area contributed by atoms with Crippen LogP contribution in [0.4, 0.5) is 4.79 Å². The number of carboxylic acid groups (broad SMARTS) is 2. The number of nitrogens with one attached hydrogen (secondary N) is 1. The van der Waals surface area contributed by atoms with E-state index < -0.39 is 42.2 Å². The summed E-state index contributed by atoms with van der Waals surface area (Å²) in [6.45, 7) is 4.80. The number of aliphatic hydroxyl groups is 1. The number of carbonyl (C=O) groups is 3. The van der Waals surface area contributed by atoms with E-state index in [2.05, 4.69) is 0 Å². The Morgan fingerprint density at radius 1 is 1.21 bits per heavy atom. The molecule has 4 N–H and O–H groups in total. The highest BCUT2D eigenvalue weighted by molar-refractivity contribution is 5.80. The summed E-state index contributed by atoms with van der Waals surface area (Å²) in [5.41, 5.74) is -0.806. The number of hydrogen-bond acceptors (Lipinski definition) is 5. The first kappa shape index (κ1) is 17.2. The fraction of sp³-hybridized carbons (Fsp3) is 0.727. The van der Waals surface area contributed by atoms with E-state index in [9.17, 15) is 19.5 Å². The summed E-state index contributed by atoms with van der Waals surface area (Å²) >= 11 is 0. The Labute approximate surface area is 110 Å². The van der Waals surface area contributed by atoms with Gasteiger partial charge in [-0.05, 0) is 27.2 Å². The van der Waals surface area contributed by atoms with Gasteiger partial charge in [0.1, 0.15) is 5.60 Å². The summed E-state index contributed by atoms with van der Waals surface area (Å²) in [7, 11) is 0.